The largest absolute Gasteiger partial charge is 0.416 e. The number of carbonyl (C=O) groups excluding carboxylic acids is 2. The Labute approximate surface area is 204 Å². The molecule has 3 aromatic rings. The summed E-state index contributed by atoms with van der Waals surface area (Å²) >= 11 is 0. The number of hydrogen-bond acceptors (Lipinski definition) is 6. The molecular weight excluding hydrogens is 475 g/mol. The SMILES string of the molecule is CN(C)C(=O)c1ccc2nnc(C(=O)N3C[C@]4(N)CC(c5ccccc5C(F)(F)F)C[C@]4(N)C3)n2c1. The number of pyridine rings is 1. The number of nitrogens with zero attached hydrogens (tertiary/aromatic N) is 5. The Morgan fingerprint density at radius 2 is 1.67 bits per heavy atom. The van der Waals surface area contributed by atoms with Gasteiger partial charge in [-0.25, -0.2) is 0 Å². The standard InChI is InChI=1S/C24H26F3N7O2/c1-32(2)20(35)14-7-8-18-30-31-19(34(18)11-14)21(36)33-12-22(28)9-15(10-23(22,29)13-33)16-5-3-4-6-17(16)24(25,26)27/h3-8,11,15H,9-10,12-13,28-29H2,1-2H3/t15?,22-,23+. The summed E-state index contributed by atoms with van der Waals surface area (Å²) in [5.74, 6) is -1.19. The molecule has 4 N–H and O–H groups in total. The van der Waals surface area contributed by atoms with Crippen LogP contribution in [0, 0.1) is 0 Å². The van der Waals surface area contributed by atoms with Crippen molar-refractivity contribution in [3.8, 4) is 0 Å². The number of fused-ring (bicyclic) bond motifs is 2. The molecule has 1 aromatic carbocycles. The molecule has 1 saturated carbocycles. The number of halogens is 3. The molecule has 0 bridgehead atoms. The van der Waals surface area contributed by atoms with Crippen LogP contribution >= 0.6 is 0 Å². The summed E-state index contributed by atoms with van der Waals surface area (Å²) < 4.78 is 42.3. The number of nitrogens with two attached hydrogens (primary N) is 2. The number of rotatable bonds is 3. The van der Waals surface area contributed by atoms with E-state index in [4.69, 9.17) is 11.5 Å². The maximum Gasteiger partial charge on any atom is 0.416 e. The van der Waals surface area contributed by atoms with Crippen LogP contribution in [-0.2, 0) is 6.18 Å². The highest BCUT2D eigenvalue weighted by molar-refractivity contribution is 5.95. The molecule has 0 radical (unpaired) electrons. The van der Waals surface area contributed by atoms with Crippen LogP contribution in [0.5, 0.6) is 0 Å². The second-order valence-corrected chi connectivity index (χ2v) is 10.0. The van der Waals surface area contributed by atoms with Crippen LogP contribution < -0.4 is 11.5 Å². The first-order valence-electron chi connectivity index (χ1n) is 11.4. The Bertz CT molecular complexity index is 1350. The van der Waals surface area contributed by atoms with Crippen LogP contribution in [0.4, 0.5) is 13.2 Å². The molecule has 5 rings (SSSR count). The third-order valence-electron chi connectivity index (χ3n) is 7.40. The normalized spacial score (nSPS) is 25.9. The predicted octanol–water partition coefficient (Wildman–Crippen LogP) is 1.88. The number of amides is 2. The van der Waals surface area contributed by atoms with Crippen molar-refractivity contribution >= 4 is 17.5 Å². The van der Waals surface area contributed by atoms with E-state index >= 15 is 0 Å². The van der Waals surface area contributed by atoms with E-state index in [1.165, 1.54) is 32.5 Å². The summed E-state index contributed by atoms with van der Waals surface area (Å²) in [7, 11) is 3.24. The van der Waals surface area contributed by atoms with Crippen molar-refractivity contribution in [2.45, 2.75) is 36.0 Å². The molecule has 1 unspecified atom stereocenters. The fourth-order valence-corrected chi connectivity index (χ4v) is 5.58. The Morgan fingerprint density at radius 3 is 2.28 bits per heavy atom. The van der Waals surface area contributed by atoms with Crippen LogP contribution in [-0.4, -0.2) is 74.5 Å². The van der Waals surface area contributed by atoms with Crippen molar-refractivity contribution in [3.05, 3.63) is 65.1 Å². The van der Waals surface area contributed by atoms with Gasteiger partial charge in [0.1, 0.15) is 0 Å². The predicted molar refractivity (Wildman–Crippen MR) is 124 cm³/mol. The summed E-state index contributed by atoms with van der Waals surface area (Å²) in [5, 5.41) is 8.04. The van der Waals surface area contributed by atoms with Crippen LogP contribution in [0.2, 0.25) is 0 Å². The van der Waals surface area contributed by atoms with Gasteiger partial charge in [0.15, 0.2) is 5.65 Å². The van der Waals surface area contributed by atoms with Crippen LogP contribution in [0.15, 0.2) is 42.6 Å². The van der Waals surface area contributed by atoms with Crippen LogP contribution in [0.3, 0.4) is 0 Å². The molecule has 2 amide bonds. The Balaban J connectivity index is 1.41. The van der Waals surface area contributed by atoms with E-state index in [1.807, 2.05) is 0 Å². The molecule has 1 aliphatic carbocycles. The smallest absolute Gasteiger partial charge is 0.345 e. The summed E-state index contributed by atoms with van der Waals surface area (Å²) in [6, 6.07) is 8.67. The zero-order valence-corrected chi connectivity index (χ0v) is 19.8. The van der Waals surface area contributed by atoms with Gasteiger partial charge in [0.2, 0.25) is 5.82 Å². The van der Waals surface area contributed by atoms with Gasteiger partial charge in [-0.3, -0.25) is 14.0 Å². The maximum atomic E-state index is 13.6. The van der Waals surface area contributed by atoms with Gasteiger partial charge < -0.3 is 21.3 Å². The van der Waals surface area contributed by atoms with Crippen molar-refractivity contribution in [3.63, 3.8) is 0 Å². The quantitative estimate of drug-likeness (QED) is 0.565. The van der Waals surface area contributed by atoms with E-state index in [0.717, 1.165) is 6.07 Å². The molecule has 2 aliphatic rings. The van der Waals surface area contributed by atoms with E-state index in [-0.39, 0.29) is 43.2 Å². The molecule has 1 aliphatic heterocycles. The number of hydrogen-bond donors (Lipinski definition) is 2. The topological polar surface area (TPSA) is 123 Å². The lowest BCUT2D eigenvalue weighted by molar-refractivity contribution is -0.138. The Hall–Kier alpha value is -3.51. The van der Waals surface area contributed by atoms with Gasteiger partial charge in [-0.05, 0) is 42.5 Å². The molecule has 1 saturated heterocycles. The zero-order chi connectivity index (χ0) is 26.0. The van der Waals surface area contributed by atoms with E-state index in [0.29, 0.717) is 11.2 Å². The molecule has 2 fully saturated rings. The van der Waals surface area contributed by atoms with Gasteiger partial charge in [-0.15, -0.1) is 10.2 Å². The molecule has 3 atom stereocenters. The molecular formula is C24H26F3N7O2. The van der Waals surface area contributed by atoms with Gasteiger partial charge in [0.05, 0.1) is 22.2 Å². The van der Waals surface area contributed by atoms with E-state index in [2.05, 4.69) is 10.2 Å². The first kappa shape index (κ1) is 24.2. The lowest BCUT2D eigenvalue weighted by atomic mass is 9.85. The Morgan fingerprint density at radius 1 is 1.03 bits per heavy atom. The van der Waals surface area contributed by atoms with E-state index < -0.39 is 34.6 Å². The molecule has 190 valence electrons. The summed E-state index contributed by atoms with van der Waals surface area (Å²) in [6.07, 6.45) is -2.56. The fraction of sp³-hybridized carbons (Fsp3) is 0.417. The second kappa shape index (κ2) is 8.00. The number of aromatic nitrogens is 3. The van der Waals surface area contributed by atoms with Gasteiger partial charge in [0, 0.05) is 33.4 Å². The highest BCUT2D eigenvalue weighted by atomic mass is 19.4. The molecule has 9 nitrogen and oxygen atoms in total. The first-order valence-corrected chi connectivity index (χ1v) is 11.4. The van der Waals surface area contributed by atoms with E-state index in [9.17, 15) is 22.8 Å². The third kappa shape index (κ3) is 3.71. The zero-order valence-electron chi connectivity index (χ0n) is 19.8. The number of benzene rings is 1. The minimum atomic E-state index is -4.48. The van der Waals surface area contributed by atoms with Gasteiger partial charge in [-0.1, -0.05) is 18.2 Å². The molecule has 12 heteroatoms. The highest BCUT2D eigenvalue weighted by Crippen LogP contribution is 2.51. The van der Waals surface area contributed by atoms with Crippen LogP contribution in [0.1, 0.15) is 50.9 Å². The average molecular weight is 502 g/mol. The molecule has 36 heavy (non-hydrogen) atoms. The lowest BCUT2D eigenvalue weighted by Gasteiger charge is -2.31. The summed E-state index contributed by atoms with van der Waals surface area (Å²) in [5.41, 5.74) is 11.5. The van der Waals surface area contributed by atoms with Crippen LogP contribution in [0.25, 0.3) is 5.65 Å². The van der Waals surface area contributed by atoms with Gasteiger partial charge >= 0.3 is 6.18 Å². The van der Waals surface area contributed by atoms with Crippen molar-refractivity contribution < 1.29 is 22.8 Å². The molecule has 0 spiro atoms. The monoisotopic (exact) mass is 501 g/mol. The fourth-order valence-electron chi connectivity index (χ4n) is 5.58. The minimum Gasteiger partial charge on any atom is -0.345 e. The van der Waals surface area contributed by atoms with Crippen molar-refractivity contribution in [2.24, 2.45) is 11.5 Å². The number of alkyl halides is 3. The third-order valence-corrected chi connectivity index (χ3v) is 7.40. The lowest BCUT2D eigenvalue weighted by Crippen LogP contribution is -2.61. The maximum absolute atomic E-state index is 13.6. The van der Waals surface area contributed by atoms with Crippen molar-refractivity contribution in [2.75, 3.05) is 27.2 Å². The average Bonchev–Trinajstić information content (AvgIpc) is 3.42. The van der Waals surface area contributed by atoms with Gasteiger partial charge in [0.25, 0.3) is 11.8 Å². The molecule has 2 aromatic heterocycles. The van der Waals surface area contributed by atoms with Crippen molar-refractivity contribution in [1.82, 2.24) is 24.4 Å². The highest BCUT2D eigenvalue weighted by Gasteiger charge is 2.61. The van der Waals surface area contributed by atoms with Crippen molar-refractivity contribution in [1.29, 1.82) is 0 Å². The van der Waals surface area contributed by atoms with Gasteiger partial charge in [-0.2, -0.15) is 13.2 Å². The number of carbonyl (C=O) groups is 2. The first-order chi connectivity index (χ1) is 16.8. The van der Waals surface area contributed by atoms with E-state index in [1.54, 1.807) is 32.3 Å². The summed E-state index contributed by atoms with van der Waals surface area (Å²) in [6.45, 7) is 0.135. The number of likely N-dealkylation sites (tertiary alicyclic amines) is 1. The minimum absolute atomic E-state index is 0.00421. The summed E-state index contributed by atoms with van der Waals surface area (Å²) in [4.78, 5) is 28.7. The second-order valence-electron chi connectivity index (χ2n) is 10.0. The molecule has 3 heterocycles. The Kier molecular flexibility index (Phi) is 5.38.